The van der Waals surface area contributed by atoms with Crippen molar-refractivity contribution in [2.45, 2.75) is 179 Å². The number of thioether (sulfide) groups is 1. The molecule has 0 aliphatic rings. The van der Waals surface area contributed by atoms with Crippen LogP contribution >= 0.6 is 11.8 Å². The molecular formula is C94H123N17O19S. The summed E-state index contributed by atoms with van der Waals surface area (Å²) >= 11 is 1.10. The Morgan fingerprint density at radius 2 is 0.893 bits per heavy atom. The summed E-state index contributed by atoms with van der Waals surface area (Å²) in [7, 11) is 6.61. The van der Waals surface area contributed by atoms with Crippen LogP contribution in [0.2, 0.25) is 0 Å². The maximum Gasteiger partial charge on any atom is 0.305 e. The van der Waals surface area contributed by atoms with Gasteiger partial charge in [-0.05, 0) is 94.0 Å². The number of hydrogen-bond acceptors (Lipinski definition) is 20. The average Bonchev–Trinajstić information content (AvgIpc) is 1.79. The lowest BCUT2D eigenvalue weighted by Crippen LogP contribution is -2.61. The number of carbonyl (C=O) groups is 16. The maximum atomic E-state index is 15.4. The van der Waals surface area contributed by atoms with Crippen molar-refractivity contribution in [3.63, 3.8) is 0 Å². The summed E-state index contributed by atoms with van der Waals surface area (Å²) in [6.07, 6.45) is 0.796. The molecule has 7 aromatic rings. The normalized spacial score (nSPS) is 13.4. The van der Waals surface area contributed by atoms with Crippen LogP contribution in [0.25, 0.3) is 10.9 Å². The lowest BCUT2D eigenvalue weighted by molar-refractivity contribution is -0.151. The van der Waals surface area contributed by atoms with Gasteiger partial charge in [-0.2, -0.15) is 11.8 Å². The predicted molar refractivity (Wildman–Crippen MR) is 492 cm³/mol. The number of primary amides is 2. The zero-order chi connectivity index (χ0) is 96.3. The average molecular weight is 1830 g/mol. The van der Waals surface area contributed by atoms with Crippen molar-refractivity contribution in [1.29, 1.82) is 0 Å². The number of carbonyl (C=O) groups excluding carboxylic acids is 15. The first-order chi connectivity index (χ1) is 62.2. The van der Waals surface area contributed by atoms with Crippen molar-refractivity contribution < 1.29 is 92.0 Å². The van der Waals surface area contributed by atoms with Gasteiger partial charge in [0, 0.05) is 110 Å². The van der Waals surface area contributed by atoms with Crippen LogP contribution in [0.5, 0.6) is 11.5 Å². The second-order valence-corrected chi connectivity index (χ2v) is 34.4. The Hall–Kier alpha value is -13.7. The van der Waals surface area contributed by atoms with Crippen LogP contribution in [0.1, 0.15) is 112 Å². The highest BCUT2D eigenvalue weighted by atomic mass is 32.2. The van der Waals surface area contributed by atoms with Gasteiger partial charge in [0.1, 0.15) is 71.9 Å². The molecule has 10 atom stereocenters. The number of H-pyrrole nitrogens is 1. The molecule has 0 saturated heterocycles. The second-order valence-electron chi connectivity index (χ2n) is 33.3. The van der Waals surface area contributed by atoms with Gasteiger partial charge in [0.2, 0.25) is 88.6 Å². The number of aromatic amines is 1. The zero-order valence-corrected chi connectivity index (χ0v) is 76.3. The molecule has 37 heteroatoms. The number of likely N-dealkylation sites (N-methyl/N-ethyl adjacent to an activating group) is 5. The third-order valence-electron chi connectivity index (χ3n) is 22.1. The molecule has 0 fully saturated rings. The molecule has 18 N–H and O–H groups in total. The summed E-state index contributed by atoms with van der Waals surface area (Å²) in [5.74, 6) is -14.8. The second kappa shape index (κ2) is 51.5. The number of aromatic hydroxyl groups is 2. The monoisotopic (exact) mass is 1830 g/mol. The molecule has 0 unspecified atom stereocenters. The first kappa shape index (κ1) is 104. The van der Waals surface area contributed by atoms with Crippen LogP contribution in [0, 0.1) is 11.8 Å². The zero-order valence-electron chi connectivity index (χ0n) is 75.5. The minimum Gasteiger partial charge on any atom is -0.508 e. The number of benzene rings is 6. The highest BCUT2D eigenvalue weighted by Gasteiger charge is 2.42. The number of nitrogens with zero attached hydrogens (tertiary/aromatic N) is 5. The summed E-state index contributed by atoms with van der Waals surface area (Å²) < 4.78 is 0. The molecule has 1 aromatic heterocycles. The third-order valence-corrected chi connectivity index (χ3v) is 23.0. The summed E-state index contributed by atoms with van der Waals surface area (Å²) in [6, 6.07) is 28.6. The fourth-order valence-corrected chi connectivity index (χ4v) is 15.5. The number of aromatic nitrogens is 1. The van der Waals surface area contributed by atoms with E-state index in [0.29, 0.717) is 57.1 Å². The molecule has 15 amide bonds. The molecule has 1 heterocycles. The molecule has 6 aromatic carbocycles. The molecule has 0 bridgehead atoms. The largest absolute Gasteiger partial charge is 0.508 e. The van der Waals surface area contributed by atoms with Crippen molar-refractivity contribution in [2.75, 3.05) is 66.4 Å². The summed E-state index contributed by atoms with van der Waals surface area (Å²) in [6.45, 7) is 6.95. The van der Waals surface area contributed by atoms with Gasteiger partial charge in [0.05, 0.1) is 31.8 Å². The number of unbranched alkanes of at least 4 members (excludes halogenated alkanes) is 1. The molecule has 131 heavy (non-hydrogen) atoms. The van der Waals surface area contributed by atoms with Crippen molar-refractivity contribution in [3.8, 4) is 11.5 Å². The van der Waals surface area contributed by atoms with E-state index in [0.717, 1.165) is 32.0 Å². The number of phenols is 2. The molecule has 0 radical (unpaired) electrons. The lowest BCUT2D eigenvalue weighted by atomic mass is 9.98. The Bertz CT molecular complexity index is 5080. The van der Waals surface area contributed by atoms with Crippen LogP contribution in [-0.4, -0.2) is 266 Å². The van der Waals surface area contributed by atoms with Crippen molar-refractivity contribution in [3.05, 3.63) is 203 Å². The van der Waals surface area contributed by atoms with Gasteiger partial charge in [-0.15, -0.1) is 0 Å². The van der Waals surface area contributed by atoms with Crippen LogP contribution in [-0.2, 0) is 122 Å². The molecule has 704 valence electrons. The van der Waals surface area contributed by atoms with Gasteiger partial charge >= 0.3 is 5.97 Å². The van der Waals surface area contributed by atoms with Gasteiger partial charge in [-0.3, -0.25) is 76.7 Å². The van der Waals surface area contributed by atoms with E-state index in [-0.39, 0.29) is 99.8 Å². The number of hydrogen-bond donors (Lipinski definition) is 15. The minimum absolute atomic E-state index is 0.0361. The van der Waals surface area contributed by atoms with Gasteiger partial charge in [-0.25, -0.2) is 0 Å². The fourth-order valence-electron chi connectivity index (χ4n) is 14.7. The van der Waals surface area contributed by atoms with Gasteiger partial charge in [0.15, 0.2) is 0 Å². The van der Waals surface area contributed by atoms with E-state index >= 15 is 24.0 Å². The highest BCUT2D eigenvalue weighted by Crippen LogP contribution is 2.25. The SMILES string of the molecule is CCCC[C@@H](C(=O)N(C)CC(=O)N[C@@H](CC(=O)O)C(=O)N[C@H](C(=O)N(C)[C@@H](Cc1ccccc1)C(=O)N[C@@H](Cc1ccc(O)cc1)C(=O)N(C)CC(=O)N[C@@H](Cc1c[nH]c2ccccc12)C(=O)N[C@@H](Cc1ccc(O)cc1)C(=O)N[C@@H](CC(C)C)C(N)=O)C(C)C)N(C)C(=O)[C@H](Cc1ccccc1)N(C)C(=O)[C@H](Cc1ccc(CN)cc1)NC(=O)CSCCC(=O)NCC(N)=O. The number of phenolic OH excluding ortho intramolecular Hbond substituents is 2. The number of fused-ring (bicyclic) bond motifs is 1. The molecular weight excluding hydrogens is 1700 g/mol. The molecule has 0 spiro atoms. The number of carboxylic acid groups (broad SMARTS) is 1. The van der Waals surface area contributed by atoms with Crippen molar-refractivity contribution in [1.82, 2.24) is 72.0 Å². The lowest BCUT2D eigenvalue weighted by Gasteiger charge is -2.37. The van der Waals surface area contributed by atoms with E-state index in [1.165, 1.54) is 81.4 Å². The fraction of sp³-hybridized carbons (Fsp3) is 0.426. The molecule has 0 aliphatic carbocycles. The number of nitrogens with two attached hydrogens (primary N) is 3. The number of aliphatic carboxylic acids is 1. The number of amides is 15. The van der Waals surface area contributed by atoms with E-state index in [2.05, 4.69) is 47.5 Å². The Labute approximate surface area is 765 Å². The molecule has 0 aliphatic heterocycles. The Morgan fingerprint density at radius 1 is 0.443 bits per heavy atom. The first-order valence-electron chi connectivity index (χ1n) is 43.2. The standard InChI is InChI=1S/C94H123N17O19S/c1-11-12-27-75(109(8)93(129)77(47-59-23-17-14-18-24-59)111(10)91(127)74(45-60-28-30-63(50-95)31-29-60)102-82(118)55-131-41-40-79(115)99-52-78(96)114)92(128)108(7)54-81(117)101-72(49-83(119)120)88(124)106-84(57(4)5)94(130)110(9)76(46-58-21-15-13-16-22-58)89(125)105-73(44-62-34-38-66(113)39-35-62)90(126)107(6)53-80(116)100-71(48-64-51-98-68-26-20-19-25-67(64)68)87(123)104-70(43-61-32-36-65(112)37-33-61)86(122)103-69(85(97)121)42-56(2)3/h13-26,28-39,51,56-57,69-77,84,98,112-113H,11-12,27,40-50,52-55,95H2,1-10H3,(H2,96,114)(H2,97,121)(H,99,115)(H,100,116)(H,101,117)(H,102,118)(H,103,122)(H,104,123)(H,105,125)(H,106,124)(H,119,120)/t69-,70-,71-,72-,73-,74-,75-,76-,77-,84-/m0/s1. The summed E-state index contributed by atoms with van der Waals surface area (Å²) in [4.78, 5) is 235. The van der Waals surface area contributed by atoms with Crippen LogP contribution in [0.15, 0.2) is 164 Å². The number of para-hydroxylation sites is 1. The summed E-state index contributed by atoms with van der Waals surface area (Å²) in [5, 5.41) is 52.6. The van der Waals surface area contributed by atoms with Crippen LogP contribution < -0.4 is 59.7 Å². The number of nitrogens with one attached hydrogen (secondary N) is 9. The topological polar surface area (TPSA) is 540 Å². The first-order valence-corrected chi connectivity index (χ1v) is 44.4. The van der Waals surface area contributed by atoms with E-state index in [1.54, 1.807) is 141 Å². The van der Waals surface area contributed by atoms with Crippen molar-refractivity contribution >= 4 is 117 Å². The third kappa shape index (κ3) is 33.1. The van der Waals surface area contributed by atoms with Crippen molar-refractivity contribution in [2.24, 2.45) is 29.0 Å². The van der Waals surface area contributed by atoms with E-state index in [1.807, 2.05) is 20.8 Å². The molecule has 0 saturated carbocycles. The Morgan fingerprint density at radius 3 is 1.42 bits per heavy atom. The Balaban J connectivity index is 1.10. The smallest absolute Gasteiger partial charge is 0.305 e. The van der Waals surface area contributed by atoms with Gasteiger partial charge in [-0.1, -0.05) is 175 Å². The predicted octanol–water partition coefficient (Wildman–Crippen LogP) is 2.16. The maximum absolute atomic E-state index is 15.4. The number of carboxylic acids is 1. The highest BCUT2D eigenvalue weighted by molar-refractivity contribution is 7.99. The van der Waals surface area contributed by atoms with Crippen LogP contribution in [0.4, 0.5) is 0 Å². The van der Waals surface area contributed by atoms with Gasteiger partial charge in [0.25, 0.3) is 0 Å². The van der Waals surface area contributed by atoms with E-state index in [9.17, 15) is 68.1 Å². The number of rotatable bonds is 52. The molecule has 7 rings (SSSR count). The van der Waals surface area contributed by atoms with E-state index < -0.39 is 180 Å². The summed E-state index contributed by atoms with van der Waals surface area (Å²) in [5.41, 5.74) is 21.5. The van der Waals surface area contributed by atoms with Gasteiger partial charge < -0.3 is 105 Å². The Kier molecular flexibility index (Phi) is 41.0. The van der Waals surface area contributed by atoms with Crippen LogP contribution in [0.3, 0.4) is 0 Å². The quantitative estimate of drug-likeness (QED) is 0.0243. The van der Waals surface area contributed by atoms with E-state index in [4.69, 9.17) is 17.2 Å². The molecule has 36 nitrogen and oxygen atoms in total. The minimum atomic E-state index is -1.91.